The summed E-state index contributed by atoms with van der Waals surface area (Å²) in [6.07, 6.45) is 3.17. The van der Waals surface area contributed by atoms with E-state index in [1.165, 1.54) is 18.5 Å². The highest BCUT2D eigenvalue weighted by Crippen LogP contribution is 2.23. The third kappa shape index (κ3) is 3.90. The second-order valence-electron chi connectivity index (χ2n) is 5.93. The Hall–Kier alpha value is -1.89. The van der Waals surface area contributed by atoms with E-state index < -0.39 is 18.3 Å². The van der Waals surface area contributed by atoms with Crippen LogP contribution in [0, 0.1) is 17.6 Å². The molecule has 1 aromatic carbocycles. The fraction of sp³-hybridized carbons (Fsp3) is 0.500. The first-order valence-electron chi connectivity index (χ1n) is 7.74. The number of nitrogens with zero attached hydrogens (tertiary/aromatic N) is 4. The van der Waals surface area contributed by atoms with E-state index in [1.807, 2.05) is 0 Å². The summed E-state index contributed by atoms with van der Waals surface area (Å²) in [5.41, 5.74) is 0.816. The molecule has 2 aromatic rings. The van der Waals surface area contributed by atoms with E-state index in [-0.39, 0.29) is 6.54 Å². The van der Waals surface area contributed by atoms with Crippen LogP contribution in [-0.2, 0) is 19.5 Å². The summed E-state index contributed by atoms with van der Waals surface area (Å²) in [4.78, 5) is 6.42. The van der Waals surface area contributed by atoms with Crippen molar-refractivity contribution in [1.29, 1.82) is 0 Å². The number of alkyl halides is 1. The van der Waals surface area contributed by atoms with E-state index >= 15 is 0 Å². The van der Waals surface area contributed by atoms with E-state index in [4.69, 9.17) is 0 Å². The Morgan fingerprint density at radius 2 is 2.09 bits per heavy atom. The summed E-state index contributed by atoms with van der Waals surface area (Å²) in [7, 11) is 0. The smallest absolute Gasteiger partial charge is 0.159 e. The Labute approximate surface area is 132 Å². The topological polar surface area (TPSA) is 34.0 Å². The third-order valence-corrected chi connectivity index (χ3v) is 4.24. The molecule has 0 N–H and O–H groups in total. The Morgan fingerprint density at radius 3 is 2.87 bits per heavy atom. The van der Waals surface area contributed by atoms with Gasteiger partial charge in [-0.25, -0.2) is 22.8 Å². The highest BCUT2D eigenvalue weighted by Gasteiger charge is 2.24. The summed E-state index contributed by atoms with van der Waals surface area (Å²) in [6.45, 7) is 2.17. The molecule has 1 aromatic heterocycles. The molecule has 124 valence electrons. The van der Waals surface area contributed by atoms with Crippen molar-refractivity contribution in [3.63, 3.8) is 0 Å². The number of hydrogen-bond acceptors (Lipinski definition) is 3. The minimum Gasteiger partial charge on any atom is -0.296 e. The quantitative estimate of drug-likeness (QED) is 0.819. The molecule has 0 saturated carbocycles. The van der Waals surface area contributed by atoms with Crippen LogP contribution in [0.4, 0.5) is 13.2 Å². The van der Waals surface area contributed by atoms with Crippen molar-refractivity contribution in [2.45, 2.75) is 25.9 Å². The number of rotatable bonds is 6. The first kappa shape index (κ1) is 16.0. The van der Waals surface area contributed by atoms with Crippen molar-refractivity contribution < 1.29 is 13.2 Å². The molecule has 0 amide bonds. The molecule has 0 radical (unpaired) electrons. The zero-order chi connectivity index (χ0) is 16.2. The molecule has 1 aliphatic heterocycles. The Balaban J connectivity index is 1.55. The lowest BCUT2D eigenvalue weighted by molar-refractivity contribution is 0.296. The van der Waals surface area contributed by atoms with Crippen molar-refractivity contribution in [3.05, 3.63) is 47.5 Å². The van der Waals surface area contributed by atoms with E-state index in [9.17, 15) is 13.2 Å². The van der Waals surface area contributed by atoms with Crippen molar-refractivity contribution in [2.24, 2.45) is 5.92 Å². The first-order chi connectivity index (χ1) is 11.2. The second kappa shape index (κ2) is 7.12. The lowest BCUT2D eigenvalue weighted by atomic mass is 9.98. The van der Waals surface area contributed by atoms with Gasteiger partial charge in [-0.05, 0) is 43.0 Å². The maximum absolute atomic E-state index is 13.3. The molecule has 1 saturated heterocycles. The van der Waals surface area contributed by atoms with Crippen LogP contribution in [0.5, 0.6) is 0 Å². The SMILES string of the molecule is FCCn1ncnc1CN1CC[C@H](Cc2ccc(F)c(F)c2)C1. The molecule has 1 aliphatic rings. The lowest BCUT2D eigenvalue weighted by Gasteiger charge is -2.16. The van der Waals surface area contributed by atoms with Gasteiger partial charge >= 0.3 is 0 Å². The largest absolute Gasteiger partial charge is 0.296 e. The zero-order valence-corrected chi connectivity index (χ0v) is 12.8. The molecule has 1 fully saturated rings. The van der Waals surface area contributed by atoms with Crippen LogP contribution in [0.25, 0.3) is 0 Å². The highest BCUT2D eigenvalue weighted by atomic mass is 19.2. The molecular weight excluding hydrogens is 305 g/mol. The molecule has 3 rings (SSSR count). The predicted molar refractivity (Wildman–Crippen MR) is 79.4 cm³/mol. The molecule has 2 heterocycles. The van der Waals surface area contributed by atoms with E-state index in [1.54, 1.807) is 10.7 Å². The molecule has 0 bridgehead atoms. The average Bonchev–Trinajstić information content (AvgIpc) is 3.14. The summed E-state index contributed by atoms with van der Waals surface area (Å²) in [5, 5.41) is 4.01. The minimum absolute atomic E-state index is 0.224. The summed E-state index contributed by atoms with van der Waals surface area (Å²) in [6, 6.07) is 4.09. The van der Waals surface area contributed by atoms with E-state index in [0.29, 0.717) is 12.5 Å². The first-order valence-corrected chi connectivity index (χ1v) is 7.74. The third-order valence-electron chi connectivity index (χ3n) is 4.24. The monoisotopic (exact) mass is 324 g/mol. The van der Waals surface area contributed by atoms with Crippen LogP contribution < -0.4 is 0 Å². The zero-order valence-electron chi connectivity index (χ0n) is 12.8. The number of aryl methyl sites for hydroxylation is 1. The van der Waals surface area contributed by atoms with Crippen LogP contribution in [0.2, 0.25) is 0 Å². The van der Waals surface area contributed by atoms with Gasteiger partial charge in [0, 0.05) is 6.54 Å². The molecule has 0 aliphatic carbocycles. The fourth-order valence-electron chi connectivity index (χ4n) is 3.10. The maximum Gasteiger partial charge on any atom is 0.159 e. The van der Waals surface area contributed by atoms with Crippen LogP contribution in [0.3, 0.4) is 0 Å². The summed E-state index contributed by atoms with van der Waals surface area (Å²) < 4.78 is 40.3. The second-order valence-corrected chi connectivity index (χ2v) is 5.93. The van der Waals surface area contributed by atoms with Crippen LogP contribution in [0.1, 0.15) is 17.8 Å². The van der Waals surface area contributed by atoms with E-state index in [0.717, 1.165) is 37.3 Å². The van der Waals surface area contributed by atoms with Gasteiger partial charge in [-0.3, -0.25) is 4.90 Å². The molecule has 1 atom stereocenters. The molecule has 0 unspecified atom stereocenters. The fourth-order valence-corrected chi connectivity index (χ4v) is 3.10. The van der Waals surface area contributed by atoms with Gasteiger partial charge in [0.05, 0.1) is 13.1 Å². The minimum atomic E-state index is -0.811. The number of hydrogen-bond donors (Lipinski definition) is 0. The standard InChI is InChI=1S/C16H19F3N4/c17-4-6-23-16(20-11-21-23)10-22-5-3-13(9-22)7-12-1-2-14(18)15(19)8-12/h1-2,8,11,13H,3-7,9-10H2/t13-/m1/s1. The normalized spacial score (nSPS) is 18.7. The molecular formula is C16H19F3N4. The number of benzene rings is 1. The number of likely N-dealkylation sites (tertiary alicyclic amines) is 1. The Kier molecular flexibility index (Phi) is 4.95. The van der Waals surface area contributed by atoms with Crippen molar-refractivity contribution in [3.8, 4) is 0 Å². The summed E-state index contributed by atoms with van der Waals surface area (Å²) in [5.74, 6) is -0.445. The van der Waals surface area contributed by atoms with Crippen molar-refractivity contribution >= 4 is 0 Å². The molecule has 23 heavy (non-hydrogen) atoms. The van der Waals surface area contributed by atoms with Gasteiger partial charge in [-0.15, -0.1) is 0 Å². The summed E-state index contributed by atoms with van der Waals surface area (Å²) >= 11 is 0. The van der Waals surface area contributed by atoms with Gasteiger partial charge in [0.15, 0.2) is 11.6 Å². The van der Waals surface area contributed by atoms with Crippen LogP contribution in [0.15, 0.2) is 24.5 Å². The van der Waals surface area contributed by atoms with Gasteiger partial charge in [-0.2, -0.15) is 5.10 Å². The number of halogens is 3. The Morgan fingerprint density at radius 1 is 1.22 bits per heavy atom. The lowest BCUT2D eigenvalue weighted by Crippen LogP contribution is -2.23. The van der Waals surface area contributed by atoms with Crippen LogP contribution >= 0.6 is 0 Å². The van der Waals surface area contributed by atoms with Gasteiger partial charge in [0.1, 0.15) is 18.8 Å². The number of aromatic nitrogens is 3. The Bertz CT molecular complexity index is 659. The van der Waals surface area contributed by atoms with Gasteiger partial charge < -0.3 is 0 Å². The molecule has 0 spiro atoms. The van der Waals surface area contributed by atoms with Crippen molar-refractivity contribution in [2.75, 3.05) is 19.8 Å². The average molecular weight is 324 g/mol. The van der Waals surface area contributed by atoms with Gasteiger partial charge in [0.25, 0.3) is 0 Å². The van der Waals surface area contributed by atoms with E-state index in [2.05, 4.69) is 15.0 Å². The van der Waals surface area contributed by atoms with Gasteiger partial charge in [0.2, 0.25) is 0 Å². The van der Waals surface area contributed by atoms with Gasteiger partial charge in [-0.1, -0.05) is 6.07 Å². The van der Waals surface area contributed by atoms with Crippen molar-refractivity contribution in [1.82, 2.24) is 19.7 Å². The molecule has 4 nitrogen and oxygen atoms in total. The van der Waals surface area contributed by atoms with Crippen LogP contribution in [-0.4, -0.2) is 39.4 Å². The maximum atomic E-state index is 13.3. The predicted octanol–water partition coefficient (Wildman–Crippen LogP) is 2.59. The molecule has 7 heteroatoms. The highest BCUT2D eigenvalue weighted by molar-refractivity contribution is 5.18.